The van der Waals surface area contributed by atoms with Gasteiger partial charge in [-0.2, -0.15) is 5.10 Å². The number of benzene rings is 2. The molecule has 3 N–H and O–H groups in total. The molecule has 0 aliphatic carbocycles. The molecule has 5 rings (SSSR count). The van der Waals surface area contributed by atoms with Crippen LogP contribution in [0.1, 0.15) is 39.7 Å². The molecule has 2 aromatic carbocycles. The van der Waals surface area contributed by atoms with Crippen molar-refractivity contribution in [1.29, 1.82) is 0 Å². The van der Waals surface area contributed by atoms with Crippen molar-refractivity contribution in [3.8, 4) is 0 Å². The maximum absolute atomic E-state index is 12.6. The topological polar surface area (TPSA) is 98.8 Å². The van der Waals surface area contributed by atoms with Crippen LogP contribution in [0.3, 0.4) is 0 Å². The Morgan fingerprint density at radius 1 is 1.08 bits per heavy atom. The van der Waals surface area contributed by atoms with Gasteiger partial charge in [0.1, 0.15) is 11.6 Å². The Bertz CT molecular complexity index is 1380. The van der Waals surface area contributed by atoms with E-state index in [4.69, 9.17) is 16.6 Å². The summed E-state index contributed by atoms with van der Waals surface area (Å²) in [6.45, 7) is 5.80. The number of amides is 1. The first-order chi connectivity index (χ1) is 16.9. The number of nitrogens with one attached hydrogen (secondary N) is 3. The van der Waals surface area contributed by atoms with E-state index >= 15 is 0 Å². The van der Waals surface area contributed by atoms with Gasteiger partial charge >= 0.3 is 0 Å². The molecule has 2 aromatic heterocycles. The minimum atomic E-state index is -0.242. The van der Waals surface area contributed by atoms with Crippen LogP contribution in [0.5, 0.6) is 0 Å². The van der Waals surface area contributed by atoms with Gasteiger partial charge in [0.2, 0.25) is 0 Å². The van der Waals surface area contributed by atoms with E-state index in [1.165, 1.54) is 11.8 Å². The van der Waals surface area contributed by atoms with Crippen molar-refractivity contribution in [2.45, 2.75) is 37.7 Å². The Morgan fingerprint density at radius 3 is 2.53 bits per heavy atom. The normalized spacial score (nSPS) is 12.5. The number of H-pyrrole nitrogens is 1. The van der Waals surface area contributed by atoms with Gasteiger partial charge in [-0.3, -0.25) is 9.89 Å². The average Bonchev–Trinajstić information content (AvgIpc) is 3.20. The molecule has 0 atom stereocenters. The molecule has 1 aliphatic rings. The molecule has 8 nitrogen and oxygen atoms in total. The van der Waals surface area contributed by atoms with Gasteiger partial charge in [-0.25, -0.2) is 9.97 Å². The Labute approximate surface area is 224 Å². The second-order valence-electron chi connectivity index (χ2n) is 8.31. The van der Waals surface area contributed by atoms with E-state index in [9.17, 15) is 4.79 Å². The zero-order valence-corrected chi connectivity index (χ0v) is 20.9. The lowest BCUT2D eigenvalue weighted by atomic mass is 10.1. The molecule has 3 heterocycles. The van der Waals surface area contributed by atoms with Gasteiger partial charge in [-0.15, -0.1) is 0 Å². The number of carbonyl (C=O) groups excluding carboxylic acids is 1. The summed E-state index contributed by atoms with van der Waals surface area (Å²) < 4.78 is 0. The van der Waals surface area contributed by atoms with Crippen LogP contribution in [-0.2, 0) is 0 Å². The summed E-state index contributed by atoms with van der Waals surface area (Å²) >= 11 is 7.75. The second kappa shape index (κ2) is 11.0. The summed E-state index contributed by atoms with van der Waals surface area (Å²) in [6.07, 6.45) is 1.16. The van der Waals surface area contributed by atoms with E-state index in [0.29, 0.717) is 33.1 Å². The van der Waals surface area contributed by atoms with Crippen molar-refractivity contribution in [2.75, 3.05) is 28.6 Å². The van der Waals surface area contributed by atoms with Crippen molar-refractivity contribution >= 4 is 52.4 Å². The Morgan fingerprint density at radius 2 is 1.86 bits per heavy atom. The van der Waals surface area contributed by atoms with Crippen molar-refractivity contribution in [3.05, 3.63) is 76.4 Å². The van der Waals surface area contributed by atoms with Gasteiger partial charge in [0.05, 0.1) is 10.6 Å². The first kappa shape index (κ1) is 25.5. The standard InChI is InChI=1S/C25H24ClN7OS.CH4.3H2/c1-15-5-3-6-19(23(15)26)24(34)27-17-7-9-18(10-8-17)35-25-29-20(28-21-13-16(2)31-32-21)14-22(30-25)33-11-4-12-33;;;;/h3,5-10,13-14H,4,11-12H2,1-2H3,(H,27,34)(H2,28,29,30,31,32);1H4;3*1H. The van der Waals surface area contributed by atoms with Gasteiger partial charge in [0.25, 0.3) is 5.91 Å². The van der Waals surface area contributed by atoms with Crippen LogP contribution >= 0.6 is 23.4 Å². The molecule has 0 spiro atoms. The summed E-state index contributed by atoms with van der Waals surface area (Å²) in [6, 6.07) is 16.9. The highest BCUT2D eigenvalue weighted by Gasteiger charge is 2.19. The molecule has 1 amide bonds. The third kappa shape index (κ3) is 5.80. The third-order valence-corrected chi connectivity index (χ3v) is 6.97. The summed E-state index contributed by atoms with van der Waals surface area (Å²) in [7, 11) is 0. The van der Waals surface area contributed by atoms with E-state index in [1.807, 2.05) is 62.4 Å². The van der Waals surface area contributed by atoms with Gasteiger partial charge in [-0.1, -0.05) is 31.2 Å². The number of rotatable bonds is 7. The highest BCUT2D eigenvalue weighted by atomic mass is 35.5. The number of halogens is 1. The number of aromatic nitrogens is 4. The molecule has 4 aromatic rings. The highest BCUT2D eigenvalue weighted by Crippen LogP contribution is 2.31. The maximum Gasteiger partial charge on any atom is 0.257 e. The van der Waals surface area contributed by atoms with Gasteiger partial charge in [0.15, 0.2) is 11.0 Å². The van der Waals surface area contributed by atoms with E-state index in [0.717, 1.165) is 41.5 Å². The van der Waals surface area contributed by atoms with E-state index in [-0.39, 0.29) is 17.6 Å². The highest BCUT2D eigenvalue weighted by molar-refractivity contribution is 7.99. The number of hydrogen-bond acceptors (Lipinski definition) is 7. The summed E-state index contributed by atoms with van der Waals surface area (Å²) in [5.41, 5.74) is 2.97. The van der Waals surface area contributed by atoms with Gasteiger partial charge in [-0.05, 0) is 67.9 Å². The molecule has 0 unspecified atom stereocenters. The van der Waals surface area contributed by atoms with Crippen LogP contribution in [0.25, 0.3) is 0 Å². The number of anilines is 4. The van der Waals surface area contributed by atoms with Crippen LogP contribution in [0.15, 0.2) is 64.6 Å². The van der Waals surface area contributed by atoms with Crippen LogP contribution < -0.4 is 15.5 Å². The number of carbonyl (C=O) groups is 1. The van der Waals surface area contributed by atoms with Crippen LogP contribution in [-0.4, -0.2) is 39.2 Å². The van der Waals surface area contributed by atoms with E-state index < -0.39 is 0 Å². The maximum atomic E-state index is 12.6. The average molecular weight is 528 g/mol. The van der Waals surface area contributed by atoms with Gasteiger partial charge in [0, 0.05) is 45.8 Å². The molecular weight excluding hydrogens is 494 g/mol. The van der Waals surface area contributed by atoms with Crippen molar-refractivity contribution in [2.24, 2.45) is 0 Å². The first-order valence-corrected chi connectivity index (χ1v) is 12.4. The van der Waals surface area contributed by atoms with Gasteiger partial charge < -0.3 is 15.5 Å². The molecule has 1 fully saturated rings. The lowest BCUT2D eigenvalue weighted by Crippen LogP contribution is -2.37. The number of hydrogen-bond donors (Lipinski definition) is 3. The summed E-state index contributed by atoms with van der Waals surface area (Å²) in [5.74, 6) is 2.05. The minimum absolute atomic E-state index is 0. The fourth-order valence-electron chi connectivity index (χ4n) is 3.58. The van der Waals surface area contributed by atoms with Crippen LogP contribution in [0, 0.1) is 13.8 Å². The number of aryl methyl sites for hydroxylation is 2. The molecule has 36 heavy (non-hydrogen) atoms. The predicted molar refractivity (Wildman–Crippen MR) is 153 cm³/mol. The minimum Gasteiger partial charge on any atom is -0.356 e. The number of aromatic amines is 1. The van der Waals surface area contributed by atoms with Crippen molar-refractivity contribution in [3.63, 3.8) is 0 Å². The van der Waals surface area contributed by atoms with Crippen LogP contribution in [0.2, 0.25) is 5.02 Å². The Hall–Kier alpha value is -3.56. The third-order valence-electron chi connectivity index (χ3n) is 5.59. The number of nitrogens with zero attached hydrogens (tertiary/aromatic N) is 4. The predicted octanol–water partition coefficient (Wildman–Crippen LogP) is 7.20. The summed E-state index contributed by atoms with van der Waals surface area (Å²) in [4.78, 5) is 25.3. The lowest BCUT2D eigenvalue weighted by Gasteiger charge is -2.32. The molecule has 10 heteroatoms. The molecule has 192 valence electrons. The first-order valence-electron chi connectivity index (χ1n) is 11.2. The lowest BCUT2D eigenvalue weighted by molar-refractivity contribution is 0.102. The molecule has 1 saturated heterocycles. The fraction of sp³-hybridized carbons (Fsp3) is 0.231. The zero-order chi connectivity index (χ0) is 24.4. The molecular formula is C26H34ClN7OS. The summed E-state index contributed by atoms with van der Waals surface area (Å²) in [5, 5.41) is 14.4. The Kier molecular flexibility index (Phi) is 7.81. The van der Waals surface area contributed by atoms with Crippen molar-refractivity contribution < 1.29 is 9.07 Å². The van der Waals surface area contributed by atoms with E-state index in [2.05, 4.69) is 30.7 Å². The molecule has 0 saturated carbocycles. The van der Waals surface area contributed by atoms with Crippen molar-refractivity contribution in [1.82, 2.24) is 20.2 Å². The SMILES string of the molecule is C.Cc1cc(Nc2cc(N3CCC3)nc(Sc3ccc(NC(=O)c4cccc(C)c4Cl)cc3)n2)n[nH]1.[HH].[HH].[HH]. The molecule has 0 bridgehead atoms. The second-order valence-corrected chi connectivity index (χ2v) is 9.73. The molecule has 1 aliphatic heterocycles. The molecule has 0 radical (unpaired) electrons. The monoisotopic (exact) mass is 527 g/mol. The van der Waals surface area contributed by atoms with Crippen LogP contribution in [0.4, 0.5) is 23.1 Å². The largest absolute Gasteiger partial charge is 0.356 e. The zero-order valence-electron chi connectivity index (χ0n) is 19.3. The Balaban J connectivity index is 0.00000190. The quantitative estimate of drug-likeness (QED) is 0.218. The smallest absolute Gasteiger partial charge is 0.257 e. The van der Waals surface area contributed by atoms with E-state index in [1.54, 1.807) is 6.07 Å². The fourth-order valence-corrected chi connectivity index (χ4v) is 4.55.